The van der Waals surface area contributed by atoms with Crippen molar-refractivity contribution in [3.8, 4) is 0 Å². The molecule has 0 spiro atoms. The van der Waals surface area contributed by atoms with Crippen molar-refractivity contribution in [3.63, 3.8) is 0 Å². The van der Waals surface area contributed by atoms with Crippen LogP contribution < -0.4 is 16.0 Å². The molecule has 0 radical (unpaired) electrons. The molecule has 4 amide bonds. The van der Waals surface area contributed by atoms with Gasteiger partial charge in [0.15, 0.2) is 0 Å². The van der Waals surface area contributed by atoms with Crippen LogP contribution in [0.3, 0.4) is 0 Å². The maximum atomic E-state index is 14.4. The summed E-state index contributed by atoms with van der Waals surface area (Å²) >= 11 is 0. The lowest BCUT2D eigenvalue weighted by molar-refractivity contribution is -0.197. The number of halogens is 3. The summed E-state index contributed by atoms with van der Waals surface area (Å²) in [5.41, 5.74) is -1.74. The van der Waals surface area contributed by atoms with E-state index in [1.165, 1.54) is 25.7 Å². The number of aromatic nitrogens is 2. The fraction of sp³-hybridized carbons (Fsp3) is 0.629. The van der Waals surface area contributed by atoms with Crippen molar-refractivity contribution in [1.29, 1.82) is 0 Å². The van der Waals surface area contributed by atoms with Gasteiger partial charge in [-0.25, -0.2) is 4.79 Å². The normalized spacial score (nSPS) is 23.1. The number of aryl methyl sites for hydroxylation is 1. The van der Waals surface area contributed by atoms with Gasteiger partial charge in [-0.15, -0.1) is 0 Å². The topological polar surface area (TPSA) is 135 Å². The van der Waals surface area contributed by atoms with Crippen LogP contribution in [-0.2, 0) is 20.7 Å². The van der Waals surface area contributed by atoms with Crippen LogP contribution in [0, 0.1) is 17.8 Å². The Balaban J connectivity index is 1.19. The quantitative estimate of drug-likeness (QED) is 0.295. The second-order valence-electron chi connectivity index (χ2n) is 15.2. The van der Waals surface area contributed by atoms with Crippen molar-refractivity contribution < 1.29 is 37.1 Å². The number of rotatable bonds is 10. The number of amides is 4. The number of benzene rings is 1. The van der Waals surface area contributed by atoms with Gasteiger partial charge in [0.1, 0.15) is 17.3 Å². The molecule has 1 saturated heterocycles. The molecule has 3 aliphatic carbocycles. The zero-order chi connectivity index (χ0) is 35.5. The van der Waals surface area contributed by atoms with Crippen LogP contribution in [0.1, 0.15) is 107 Å². The second kappa shape index (κ2) is 12.7. The minimum Gasteiger partial charge on any atom is -0.444 e. The van der Waals surface area contributed by atoms with E-state index < -0.39 is 47.8 Å². The molecular weight excluding hydrogens is 641 g/mol. The summed E-state index contributed by atoms with van der Waals surface area (Å²) in [4.78, 5) is 54.6. The number of carbonyl (C=O) groups excluding carboxylic acids is 4. The first-order chi connectivity index (χ1) is 23.0. The van der Waals surface area contributed by atoms with Crippen LogP contribution in [0.25, 0.3) is 0 Å². The molecular formula is C35H45F3N6O5. The first-order valence-electron chi connectivity index (χ1n) is 17.2. The summed E-state index contributed by atoms with van der Waals surface area (Å²) in [6.07, 6.45) is -0.467. The molecule has 11 nitrogen and oxygen atoms in total. The third-order valence-corrected chi connectivity index (χ3v) is 10.1. The lowest BCUT2D eigenvalue weighted by atomic mass is 9.88. The number of ether oxygens (including phenoxy) is 1. The van der Waals surface area contributed by atoms with E-state index in [0.717, 1.165) is 31.2 Å². The maximum Gasteiger partial charge on any atom is 0.420 e. The van der Waals surface area contributed by atoms with Crippen LogP contribution in [0.2, 0.25) is 0 Å². The molecule has 4 aliphatic rings. The first kappa shape index (κ1) is 34.8. The van der Waals surface area contributed by atoms with E-state index in [-0.39, 0.29) is 30.3 Å². The summed E-state index contributed by atoms with van der Waals surface area (Å²) in [6.45, 7) is 8.24. The van der Waals surface area contributed by atoms with Crippen molar-refractivity contribution in [1.82, 2.24) is 25.3 Å². The second-order valence-corrected chi connectivity index (χ2v) is 15.2. The summed E-state index contributed by atoms with van der Waals surface area (Å²) in [5, 5.41) is 12.2. The van der Waals surface area contributed by atoms with Gasteiger partial charge in [0, 0.05) is 30.9 Å². The highest BCUT2D eigenvalue weighted by Crippen LogP contribution is 2.51. The molecule has 14 heteroatoms. The molecule has 0 bridgehead atoms. The third-order valence-electron chi connectivity index (χ3n) is 10.1. The highest BCUT2D eigenvalue weighted by atomic mass is 19.4. The van der Waals surface area contributed by atoms with Crippen LogP contribution in [0.5, 0.6) is 0 Å². The van der Waals surface area contributed by atoms with Gasteiger partial charge in [0.05, 0.1) is 6.04 Å². The van der Waals surface area contributed by atoms with Crippen LogP contribution in [0.15, 0.2) is 30.5 Å². The van der Waals surface area contributed by atoms with Gasteiger partial charge in [0.25, 0.3) is 11.8 Å². The van der Waals surface area contributed by atoms with Gasteiger partial charge in [-0.1, -0.05) is 6.07 Å². The molecule has 1 aromatic carbocycles. The molecule has 2 aromatic rings. The molecule has 49 heavy (non-hydrogen) atoms. The van der Waals surface area contributed by atoms with E-state index in [1.807, 2.05) is 19.2 Å². The summed E-state index contributed by atoms with van der Waals surface area (Å²) < 4.78 is 50.0. The number of fused-ring (bicyclic) bond motifs is 1. The number of anilines is 1. The zero-order valence-corrected chi connectivity index (χ0v) is 28.5. The minimum atomic E-state index is -5.04. The largest absolute Gasteiger partial charge is 0.444 e. The van der Waals surface area contributed by atoms with Gasteiger partial charge in [0.2, 0.25) is 11.4 Å². The Kier molecular flexibility index (Phi) is 8.98. The number of alkyl halides is 3. The Hall–Kier alpha value is -4.10. The van der Waals surface area contributed by atoms with Gasteiger partial charge in [-0.2, -0.15) is 18.3 Å². The summed E-state index contributed by atoms with van der Waals surface area (Å²) in [6, 6.07) is 5.44. The minimum absolute atomic E-state index is 0.0162. The van der Waals surface area contributed by atoms with Crippen molar-refractivity contribution in [2.45, 2.75) is 115 Å². The average Bonchev–Trinajstić information content (AvgIpc) is 3.90. The molecule has 3 fully saturated rings. The number of hydrogen-bond acceptors (Lipinski definition) is 6. The first-order valence-corrected chi connectivity index (χ1v) is 17.2. The van der Waals surface area contributed by atoms with Gasteiger partial charge >= 0.3 is 12.3 Å². The molecule has 2 saturated carbocycles. The fourth-order valence-corrected chi connectivity index (χ4v) is 7.53. The fourth-order valence-electron chi connectivity index (χ4n) is 7.53. The Bertz CT molecular complexity index is 1610. The van der Waals surface area contributed by atoms with E-state index in [9.17, 15) is 32.3 Å². The highest BCUT2D eigenvalue weighted by Gasteiger charge is 2.66. The van der Waals surface area contributed by atoms with Gasteiger partial charge in [-0.3, -0.25) is 24.4 Å². The van der Waals surface area contributed by atoms with Crippen LogP contribution in [0.4, 0.5) is 23.7 Å². The van der Waals surface area contributed by atoms with Crippen molar-refractivity contribution in [3.05, 3.63) is 47.3 Å². The SMILES string of the molecule is CC(C)n1nccc1C(=O)N[C@H](C(=O)Nc1ccc2c(c1)CC[C@H]2N1CC[C@@](NC(=O)OC(C)(C)C)(C(F)(F)F)C1=O)C(C1CC1)C1CC1. The molecule has 3 atom stereocenters. The molecule has 1 aliphatic heterocycles. The Morgan fingerprint density at radius 1 is 1.02 bits per heavy atom. The smallest absolute Gasteiger partial charge is 0.420 e. The van der Waals surface area contributed by atoms with E-state index in [1.54, 1.807) is 35.1 Å². The van der Waals surface area contributed by atoms with E-state index in [2.05, 4.69) is 15.7 Å². The molecule has 0 unspecified atom stereocenters. The Labute approximate surface area is 283 Å². The zero-order valence-electron chi connectivity index (χ0n) is 28.5. The number of nitrogens with one attached hydrogen (secondary N) is 3. The number of nitrogens with zero attached hydrogens (tertiary/aromatic N) is 3. The number of alkyl carbamates (subject to hydrolysis) is 1. The molecule has 2 heterocycles. The number of hydrogen-bond donors (Lipinski definition) is 3. The van der Waals surface area contributed by atoms with Crippen LogP contribution in [-0.4, -0.2) is 68.4 Å². The van der Waals surface area contributed by atoms with Crippen molar-refractivity contribution in [2.75, 3.05) is 11.9 Å². The average molecular weight is 687 g/mol. The standard InChI is InChI=1S/C35H45F3N6O5/c1-19(2)44-26(14-16-39-44)29(45)41-28(27(20-6-7-20)21-8-9-21)30(46)40-23-11-12-24-22(18-23)10-13-25(24)43-17-15-34(31(43)47,35(36,37)38)42-32(48)49-33(3,4)5/h11-12,14,16,18-21,25,27-28H,6-10,13,15,17H2,1-5H3,(H,40,46)(H,41,45)(H,42,48)/t25-,28+,34+/m1/s1. The number of likely N-dealkylation sites (tertiary alicyclic amines) is 1. The van der Waals surface area contributed by atoms with Gasteiger partial charge in [-0.05, 0) is 120 Å². The Morgan fingerprint density at radius 3 is 2.29 bits per heavy atom. The van der Waals surface area contributed by atoms with Crippen LogP contribution >= 0.6 is 0 Å². The lowest BCUT2D eigenvalue weighted by Crippen LogP contribution is -2.63. The van der Waals surface area contributed by atoms with Crippen molar-refractivity contribution in [2.24, 2.45) is 17.8 Å². The maximum absolute atomic E-state index is 14.4. The summed E-state index contributed by atoms with van der Waals surface area (Å²) in [7, 11) is 0. The Morgan fingerprint density at radius 2 is 1.69 bits per heavy atom. The highest BCUT2D eigenvalue weighted by molar-refractivity contribution is 6.01. The lowest BCUT2D eigenvalue weighted by Gasteiger charge is -2.33. The molecule has 1 aromatic heterocycles. The van der Waals surface area contributed by atoms with E-state index >= 15 is 0 Å². The molecule has 3 N–H and O–H groups in total. The van der Waals surface area contributed by atoms with Gasteiger partial charge < -0.3 is 20.3 Å². The molecule has 6 rings (SSSR count). The predicted octanol–water partition coefficient (Wildman–Crippen LogP) is 5.68. The third kappa shape index (κ3) is 7.00. The predicted molar refractivity (Wildman–Crippen MR) is 173 cm³/mol. The summed E-state index contributed by atoms with van der Waals surface area (Å²) in [5.74, 6) is -1.15. The monoisotopic (exact) mass is 686 g/mol. The van der Waals surface area contributed by atoms with E-state index in [0.29, 0.717) is 41.6 Å². The number of carbonyl (C=O) groups is 4. The van der Waals surface area contributed by atoms with E-state index in [4.69, 9.17) is 4.74 Å². The molecule has 266 valence electrons. The van der Waals surface area contributed by atoms with Crippen molar-refractivity contribution >= 4 is 29.5 Å².